The molecule has 20 heavy (non-hydrogen) atoms. The summed E-state index contributed by atoms with van der Waals surface area (Å²) < 4.78 is 7.55. The summed E-state index contributed by atoms with van der Waals surface area (Å²) in [6, 6.07) is 3.86. The molecule has 0 aliphatic heterocycles. The van der Waals surface area contributed by atoms with Crippen molar-refractivity contribution in [2.45, 2.75) is 0 Å². The summed E-state index contributed by atoms with van der Waals surface area (Å²) in [4.78, 5) is 8.64. The molecule has 6 nitrogen and oxygen atoms in total. The Labute approximate surface area is 121 Å². The van der Waals surface area contributed by atoms with Crippen LogP contribution >= 0.6 is 15.9 Å². The van der Waals surface area contributed by atoms with Crippen molar-refractivity contribution in [3.63, 3.8) is 0 Å². The van der Waals surface area contributed by atoms with Crippen molar-refractivity contribution >= 4 is 38.5 Å². The van der Waals surface area contributed by atoms with Crippen LogP contribution in [0.3, 0.4) is 0 Å². The molecule has 0 fully saturated rings. The average molecular weight is 330 g/mol. The second-order valence-electron chi connectivity index (χ2n) is 4.32. The number of aromatic nitrogens is 4. The van der Waals surface area contributed by atoms with E-state index in [4.69, 9.17) is 10.2 Å². The van der Waals surface area contributed by atoms with Crippen LogP contribution in [0.5, 0.6) is 0 Å². The SMILES string of the molecule is Nc1c(Br)cnc2c(-c3cnc4occc4c3)cnn12. The van der Waals surface area contributed by atoms with Gasteiger partial charge in [0.1, 0.15) is 5.82 Å². The molecule has 4 aromatic heterocycles. The number of pyridine rings is 1. The van der Waals surface area contributed by atoms with Crippen molar-refractivity contribution in [1.29, 1.82) is 0 Å². The normalized spacial score (nSPS) is 11.4. The largest absolute Gasteiger partial charge is 0.446 e. The average Bonchev–Trinajstić information content (AvgIpc) is 3.08. The lowest BCUT2D eigenvalue weighted by Gasteiger charge is -2.02. The molecule has 0 aromatic carbocycles. The summed E-state index contributed by atoms with van der Waals surface area (Å²) in [7, 11) is 0. The third-order valence-corrected chi connectivity index (χ3v) is 3.75. The maximum atomic E-state index is 5.97. The van der Waals surface area contributed by atoms with E-state index >= 15 is 0 Å². The molecule has 0 bridgehead atoms. The fourth-order valence-electron chi connectivity index (χ4n) is 2.14. The van der Waals surface area contributed by atoms with E-state index < -0.39 is 0 Å². The molecule has 0 unspecified atom stereocenters. The molecule has 4 heterocycles. The monoisotopic (exact) mass is 329 g/mol. The van der Waals surface area contributed by atoms with Crippen LogP contribution in [-0.2, 0) is 0 Å². The molecular formula is C13H8BrN5O. The maximum Gasteiger partial charge on any atom is 0.225 e. The maximum absolute atomic E-state index is 5.97. The standard InChI is InChI=1S/C13H8BrN5O/c14-10-6-16-12-9(5-18-19(12)11(10)15)8-3-7-1-2-20-13(7)17-4-8/h1-6H,15H2. The Morgan fingerprint density at radius 1 is 1.20 bits per heavy atom. The number of furan rings is 1. The van der Waals surface area contributed by atoms with Gasteiger partial charge in [-0.25, -0.2) is 9.97 Å². The lowest BCUT2D eigenvalue weighted by molar-refractivity contribution is 0.603. The number of nitrogens with zero attached hydrogens (tertiary/aromatic N) is 4. The molecule has 0 aliphatic rings. The van der Waals surface area contributed by atoms with Gasteiger partial charge in [0.15, 0.2) is 5.65 Å². The van der Waals surface area contributed by atoms with E-state index in [1.54, 1.807) is 29.4 Å². The molecule has 0 spiro atoms. The van der Waals surface area contributed by atoms with Gasteiger partial charge in [0.2, 0.25) is 5.71 Å². The van der Waals surface area contributed by atoms with Gasteiger partial charge in [-0.2, -0.15) is 9.61 Å². The third kappa shape index (κ3) is 1.53. The van der Waals surface area contributed by atoms with Gasteiger partial charge >= 0.3 is 0 Å². The summed E-state index contributed by atoms with van der Waals surface area (Å²) in [6.07, 6.45) is 6.75. The molecule has 98 valence electrons. The van der Waals surface area contributed by atoms with Crippen molar-refractivity contribution in [2.24, 2.45) is 0 Å². The zero-order valence-electron chi connectivity index (χ0n) is 10.1. The Hall–Kier alpha value is -2.41. The molecule has 4 aromatic rings. The second-order valence-corrected chi connectivity index (χ2v) is 5.18. The predicted molar refractivity (Wildman–Crippen MR) is 78.1 cm³/mol. The van der Waals surface area contributed by atoms with Crippen molar-refractivity contribution in [3.8, 4) is 11.1 Å². The van der Waals surface area contributed by atoms with E-state index in [1.165, 1.54) is 0 Å². The summed E-state index contributed by atoms with van der Waals surface area (Å²) in [5, 5.41) is 5.21. The molecule has 0 atom stereocenters. The predicted octanol–water partition coefficient (Wildman–Crippen LogP) is 2.88. The Kier molecular flexibility index (Phi) is 2.31. The van der Waals surface area contributed by atoms with Crippen LogP contribution in [0.25, 0.3) is 27.9 Å². The molecule has 0 saturated heterocycles. The van der Waals surface area contributed by atoms with Gasteiger partial charge in [0.25, 0.3) is 0 Å². The number of hydrogen-bond acceptors (Lipinski definition) is 5. The molecule has 0 saturated carbocycles. The molecule has 4 rings (SSSR count). The third-order valence-electron chi connectivity index (χ3n) is 3.13. The van der Waals surface area contributed by atoms with Gasteiger partial charge in [-0.15, -0.1) is 0 Å². The highest BCUT2D eigenvalue weighted by atomic mass is 79.9. The van der Waals surface area contributed by atoms with Gasteiger partial charge in [-0.05, 0) is 28.1 Å². The second kappa shape index (κ2) is 4.04. The highest BCUT2D eigenvalue weighted by molar-refractivity contribution is 9.10. The fraction of sp³-hybridized carbons (Fsp3) is 0. The molecule has 0 aliphatic carbocycles. The van der Waals surface area contributed by atoms with E-state index in [-0.39, 0.29) is 0 Å². The quantitative estimate of drug-likeness (QED) is 0.580. The van der Waals surface area contributed by atoms with Crippen molar-refractivity contribution in [1.82, 2.24) is 19.6 Å². The van der Waals surface area contributed by atoms with Crippen molar-refractivity contribution in [2.75, 3.05) is 5.73 Å². The van der Waals surface area contributed by atoms with Crippen LogP contribution < -0.4 is 5.73 Å². The minimum absolute atomic E-state index is 0.513. The Bertz CT molecular complexity index is 942. The Balaban J connectivity index is 1.99. The number of nitrogens with two attached hydrogens (primary N) is 1. The lowest BCUT2D eigenvalue weighted by atomic mass is 10.1. The van der Waals surface area contributed by atoms with E-state index in [0.717, 1.165) is 16.5 Å². The first-order valence-electron chi connectivity index (χ1n) is 5.85. The number of rotatable bonds is 1. The molecule has 0 amide bonds. The summed E-state index contributed by atoms with van der Waals surface area (Å²) in [5.41, 5.74) is 9.06. The topological polar surface area (TPSA) is 82.2 Å². The fourth-order valence-corrected chi connectivity index (χ4v) is 2.41. The van der Waals surface area contributed by atoms with E-state index in [1.807, 2.05) is 12.1 Å². The zero-order chi connectivity index (χ0) is 13.7. The van der Waals surface area contributed by atoms with Gasteiger partial charge in [0, 0.05) is 28.9 Å². The number of halogens is 1. The molecule has 7 heteroatoms. The van der Waals surface area contributed by atoms with Crippen LogP contribution in [-0.4, -0.2) is 19.6 Å². The zero-order valence-corrected chi connectivity index (χ0v) is 11.7. The first kappa shape index (κ1) is 11.4. The molecule has 2 N–H and O–H groups in total. The molecular weight excluding hydrogens is 322 g/mol. The summed E-state index contributed by atoms with van der Waals surface area (Å²) >= 11 is 3.34. The van der Waals surface area contributed by atoms with Gasteiger partial charge < -0.3 is 10.2 Å². The summed E-state index contributed by atoms with van der Waals surface area (Å²) in [5.74, 6) is 0.513. The Morgan fingerprint density at radius 2 is 2.10 bits per heavy atom. The minimum atomic E-state index is 0.513. The van der Waals surface area contributed by atoms with Crippen LogP contribution in [0, 0.1) is 0 Å². The van der Waals surface area contributed by atoms with Crippen LogP contribution in [0.1, 0.15) is 0 Å². The van der Waals surface area contributed by atoms with Crippen LogP contribution in [0.15, 0.2) is 45.9 Å². The number of anilines is 1. The number of fused-ring (bicyclic) bond motifs is 2. The Morgan fingerprint density at radius 3 is 3.00 bits per heavy atom. The van der Waals surface area contributed by atoms with Crippen LogP contribution in [0.2, 0.25) is 0 Å². The van der Waals surface area contributed by atoms with E-state index in [9.17, 15) is 0 Å². The van der Waals surface area contributed by atoms with Gasteiger partial charge in [-0.1, -0.05) is 0 Å². The van der Waals surface area contributed by atoms with E-state index in [0.29, 0.717) is 21.7 Å². The number of hydrogen-bond donors (Lipinski definition) is 1. The molecule has 0 radical (unpaired) electrons. The van der Waals surface area contributed by atoms with E-state index in [2.05, 4.69) is 31.0 Å². The minimum Gasteiger partial charge on any atom is -0.446 e. The van der Waals surface area contributed by atoms with Gasteiger partial charge in [-0.3, -0.25) is 0 Å². The highest BCUT2D eigenvalue weighted by Gasteiger charge is 2.12. The smallest absolute Gasteiger partial charge is 0.225 e. The highest BCUT2D eigenvalue weighted by Crippen LogP contribution is 2.28. The van der Waals surface area contributed by atoms with Gasteiger partial charge in [0.05, 0.1) is 16.9 Å². The number of nitrogen functional groups attached to an aromatic ring is 1. The first-order chi connectivity index (χ1) is 9.74. The van der Waals surface area contributed by atoms with Crippen molar-refractivity contribution in [3.05, 3.63) is 41.5 Å². The summed E-state index contributed by atoms with van der Waals surface area (Å²) in [6.45, 7) is 0. The van der Waals surface area contributed by atoms with Crippen molar-refractivity contribution < 1.29 is 4.42 Å². The lowest BCUT2D eigenvalue weighted by Crippen LogP contribution is -2.00. The first-order valence-corrected chi connectivity index (χ1v) is 6.64. The van der Waals surface area contributed by atoms with Crippen LogP contribution in [0.4, 0.5) is 5.82 Å².